The van der Waals surface area contributed by atoms with Crippen LogP contribution in [-0.4, -0.2) is 29.6 Å². The molecule has 0 fully saturated rings. The number of rotatable bonds is 6. The first-order valence-corrected chi connectivity index (χ1v) is 7.80. The molecular weight excluding hydrogens is 342 g/mol. The van der Waals surface area contributed by atoms with Crippen LogP contribution in [0.5, 0.6) is 0 Å². The van der Waals surface area contributed by atoms with E-state index < -0.39 is 0 Å². The molecule has 0 saturated carbocycles. The maximum absolute atomic E-state index is 11.8. The number of aromatic nitrogens is 1. The number of anilines is 1. The summed E-state index contributed by atoms with van der Waals surface area (Å²) in [4.78, 5) is 15.1. The lowest BCUT2D eigenvalue weighted by Crippen LogP contribution is -2.23. The van der Waals surface area contributed by atoms with Gasteiger partial charge in [-0.25, -0.2) is 0 Å². The van der Waals surface area contributed by atoms with E-state index in [1.54, 1.807) is 24.3 Å². The number of thiophene rings is 1. The van der Waals surface area contributed by atoms with E-state index in [4.69, 9.17) is 4.52 Å². The number of nitrogens with one attached hydrogen (secondary N) is 1. The summed E-state index contributed by atoms with van der Waals surface area (Å²) in [5, 5.41) is 6.44. The standard InChI is InChI=1S/C13H16BrN3O2S/c1-9-7-12(16-19-9)15-13(18)5-6-17(2)8-10-3-4-11(14)20-10/h3-4,7H,5-6,8H2,1-2H3,(H,15,16,18). The summed E-state index contributed by atoms with van der Waals surface area (Å²) in [6.45, 7) is 3.32. The van der Waals surface area contributed by atoms with E-state index in [0.717, 1.165) is 10.3 Å². The number of hydrogen-bond donors (Lipinski definition) is 1. The first kappa shape index (κ1) is 15.2. The van der Waals surface area contributed by atoms with Gasteiger partial charge in [0.25, 0.3) is 0 Å². The van der Waals surface area contributed by atoms with Crippen molar-refractivity contribution < 1.29 is 9.32 Å². The van der Waals surface area contributed by atoms with Gasteiger partial charge in [-0.05, 0) is 42.0 Å². The van der Waals surface area contributed by atoms with Gasteiger partial charge in [-0.1, -0.05) is 5.16 Å². The summed E-state index contributed by atoms with van der Waals surface area (Å²) in [6.07, 6.45) is 0.426. The molecule has 5 nitrogen and oxygen atoms in total. The van der Waals surface area contributed by atoms with Crippen LogP contribution >= 0.6 is 27.3 Å². The third kappa shape index (κ3) is 4.73. The molecule has 0 saturated heterocycles. The van der Waals surface area contributed by atoms with Crippen molar-refractivity contribution in [1.82, 2.24) is 10.1 Å². The second kappa shape index (κ2) is 7.01. The van der Waals surface area contributed by atoms with E-state index in [1.165, 1.54) is 4.88 Å². The van der Waals surface area contributed by atoms with E-state index in [1.807, 2.05) is 13.1 Å². The van der Waals surface area contributed by atoms with Crippen molar-refractivity contribution in [2.24, 2.45) is 0 Å². The third-order valence-electron chi connectivity index (χ3n) is 2.67. The van der Waals surface area contributed by atoms with Crippen LogP contribution in [0.4, 0.5) is 5.82 Å². The lowest BCUT2D eigenvalue weighted by atomic mass is 10.3. The van der Waals surface area contributed by atoms with E-state index in [0.29, 0.717) is 24.5 Å². The van der Waals surface area contributed by atoms with Gasteiger partial charge < -0.3 is 14.7 Å². The Kier molecular flexibility index (Phi) is 5.33. The number of hydrogen-bond acceptors (Lipinski definition) is 5. The molecule has 108 valence electrons. The summed E-state index contributed by atoms with van der Waals surface area (Å²) < 4.78 is 6.02. The molecule has 1 amide bonds. The van der Waals surface area contributed by atoms with Gasteiger partial charge in [-0.2, -0.15) is 0 Å². The molecular formula is C13H16BrN3O2S. The molecule has 0 aromatic carbocycles. The number of aryl methyl sites for hydroxylation is 1. The summed E-state index contributed by atoms with van der Waals surface area (Å²) in [6, 6.07) is 5.82. The molecule has 2 heterocycles. The van der Waals surface area contributed by atoms with Crippen molar-refractivity contribution in [1.29, 1.82) is 0 Å². The van der Waals surface area contributed by atoms with Gasteiger partial charge in [-0.3, -0.25) is 4.79 Å². The van der Waals surface area contributed by atoms with Gasteiger partial charge in [0.2, 0.25) is 5.91 Å². The van der Waals surface area contributed by atoms with Crippen molar-refractivity contribution in [2.75, 3.05) is 18.9 Å². The second-order valence-electron chi connectivity index (χ2n) is 4.56. The summed E-state index contributed by atoms with van der Waals surface area (Å²) in [5.74, 6) is 1.09. The summed E-state index contributed by atoms with van der Waals surface area (Å²) in [7, 11) is 2.00. The fraction of sp³-hybridized carbons (Fsp3) is 0.385. The van der Waals surface area contributed by atoms with Crippen molar-refractivity contribution in [3.8, 4) is 0 Å². The van der Waals surface area contributed by atoms with Crippen LogP contribution in [-0.2, 0) is 11.3 Å². The normalized spacial score (nSPS) is 11.0. The first-order valence-electron chi connectivity index (χ1n) is 6.19. The number of carbonyl (C=O) groups is 1. The summed E-state index contributed by atoms with van der Waals surface area (Å²) in [5.41, 5.74) is 0. The maximum Gasteiger partial charge on any atom is 0.226 e. The minimum Gasteiger partial charge on any atom is -0.360 e. The number of amides is 1. The van der Waals surface area contributed by atoms with E-state index in [-0.39, 0.29) is 5.91 Å². The predicted molar refractivity (Wildman–Crippen MR) is 82.8 cm³/mol. The zero-order valence-electron chi connectivity index (χ0n) is 11.4. The first-order chi connectivity index (χ1) is 9.52. The molecule has 1 N–H and O–H groups in total. The Hall–Kier alpha value is -1.18. The molecule has 0 bridgehead atoms. The topological polar surface area (TPSA) is 58.4 Å². The van der Waals surface area contributed by atoms with Crippen molar-refractivity contribution in [2.45, 2.75) is 19.9 Å². The second-order valence-corrected chi connectivity index (χ2v) is 7.11. The Balaban J connectivity index is 1.72. The van der Waals surface area contributed by atoms with Gasteiger partial charge >= 0.3 is 0 Å². The molecule has 0 atom stereocenters. The molecule has 0 unspecified atom stereocenters. The largest absolute Gasteiger partial charge is 0.360 e. The van der Waals surface area contributed by atoms with Crippen LogP contribution in [0.1, 0.15) is 17.1 Å². The van der Waals surface area contributed by atoms with Gasteiger partial charge in [0.15, 0.2) is 5.82 Å². The molecule has 7 heteroatoms. The van der Waals surface area contributed by atoms with Crippen LogP contribution in [0, 0.1) is 6.92 Å². The summed E-state index contributed by atoms with van der Waals surface area (Å²) >= 11 is 5.15. The smallest absolute Gasteiger partial charge is 0.226 e. The van der Waals surface area contributed by atoms with E-state index in [9.17, 15) is 4.79 Å². The Labute approximate surface area is 130 Å². The van der Waals surface area contributed by atoms with Crippen LogP contribution in [0.25, 0.3) is 0 Å². The van der Waals surface area contributed by atoms with Crippen LogP contribution in [0.15, 0.2) is 26.5 Å². The number of halogens is 1. The number of carbonyl (C=O) groups excluding carboxylic acids is 1. The Morgan fingerprint density at radius 3 is 2.95 bits per heavy atom. The lowest BCUT2D eigenvalue weighted by Gasteiger charge is -2.14. The highest BCUT2D eigenvalue weighted by Crippen LogP contribution is 2.22. The molecule has 0 radical (unpaired) electrons. The van der Waals surface area contributed by atoms with E-state index >= 15 is 0 Å². The lowest BCUT2D eigenvalue weighted by molar-refractivity contribution is -0.116. The zero-order valence-corrected chi connectivity index (χ0v) is 13.8. The van der Waals surface area contributed by atoms with Crippen molar-refractivity contribution >= 4 is 39.0 Å². The van der Waals surface area contributed by atoms with E-state index in [2.05, 4.69) is 37.4 Å². The van der Waals surface area contributed by atoms with Crippen LogP contribution in [0.2, 0.25) is 0 Å². The fourth-order valence-electron chi connectivity index (χ4n) is 1.70. The van der Waals surface area contributed by atoms with Crippen molar-refractivity contribution in [3.05, 3.63) is 32.6 Å². The predicted octanol–water partition coefficient (Wildman–Crippen LogP) is 3.27. The monoisotopic (exact) mass is 357 g/mol. The fourth-order valence-corrected chi connectivity index (χ4v) is 3.27. The minimum absolute atomic E-state index is 0.0579. The molecule has 2 aromatic heterocycles. The van der Waals surface area contributed by atoms with Gasteiger partial charge in [-0.15, -0.1) is 11.3 Å². The molecule has 2 aromatic rings. The van der Waals surface area contributed by atoms with Gasteiger partial charge in [0, 0.05) is 30.5 Å². The molecule has 0 aliphatic heterocycles. The number of nitrogens with zero attached hydrogens (tertiary/aromatic N) is 2. The molecule has 0 aliphatic rings. The maximum atomic E-state index is 11.8. The quantitative estimate of drug-likeness (QED) is 0.861. The SMILES string of the molecule is Cc1cc(NC(=O)CCN(C)Cc2ccc(Br)s2)no1. The minimum atomic E-state index is -0.0579. The molecule has 20 heavy (non-hydrogen) atoms. The molecule has 2 rings (SSSR count). The van der Waals surface area contributed by atoms with Crippen LogP contribution in [0.3, 0.4) is 0 Å². The highest BCUT2D eigenvalue weighted by Gasteiger charge is 2.08. The highest BCUT2D eigenvalue weighted by molar-refractivity contribution is 9.11. The average Bonchev–Trinajstić information content (AvgIpc) is 2.96. The van der Waals surface area contributed by atoms with Gasteiger partial charge in [0.05, 0.1) is 3.79 Å². The van der Waals surface area contributed by atoms with Crippen LogP contribution < -0.4 is 5.32 Å². The Morgan fingerprint density at radius 1 is 1.55 bits per heavy atom. The Bertz CT molecular complexity index is 582. The third-order valence-corrected chi connectivity index (χ3v) is 4.28. The van der Waals surface area contributed by atoms with Crippen molar-refractivity contribution in [3.63, 3.8) is 0 Å². The molecule has 0 spiro atoms. The van der Waals surface area contributed by atoms with Gasteiger partial charge in [0.1, 0.15) is 5.76 Å². The Morgan fingerprint density at radius 2 is 2.35 bits per heavy atom. The average molecular weight is 358 g/mol. The highest BCUT2D eigenvalue weighted by atomic mass is 79.9. The zero-order chi connectivity index (χ0) is 14.5. The molecule has 0 aliphatic carbocycles.